The molecule has 0 saturated carbocycles. The third kappa shape index (κ3) is 7.68. The Morgan fingerprint density at radius 2 is 2.20 bits per heavy atom. The Hall–Kier alpha value is -0.220. The quantitative estimate of drug-likeness (QED) is 0.668. The van der Waals surface area contributed by atoms with Crippen LogP contribution in [0, 0.1) is 5.92 Å². The van der Waals surface area contributed by atoms with Gasteiger partial charge in [0, 0.05) is 18.2 Å². The molecular weight excluding hydrogens is 208 g/mol. The number of hydrogen-bond acceptors (Lipinski definition) is 3. The predicted octanol–water partition coefficient (Wildman–Crippen LogP) is 1.62. The van der Waals surface area contributed by atoms with Gasteiger partial charge in [-0.2, -0.15) is 11.8 Å². The van der Waals surface area contributed by atoms with E-state index in [9.17, 15) is 4.79 Å². The molecule has 1 amide bonds. The van der Waals surface area contributed by atoms with Crippen molar-refractivity contribution in [2.24, 2.45) is 11.7 Å². The minimum Gasteiger partial charge on any atom is -0.356 e. The van der Waals surface area contributed by atoms with Crippen molar-refractivity contribution in [1.29, 1.82) is 0 Å². The minimum atomic E-state index is 0.139. The maximum atomic E-state index is 11.5. The predicted molar refractivity (Wildman–Crippen MR) is 68.1 cm³/mol. The van der Waals surface area contributed by atoms with Gasteiger partial charge in [-0.15, -0.1) is 0 Å². The van der Waals surface area contributed by atoms with Gasteiger partial charge in [0.05, 0.1) is 0 Å². The lowest BCUT2D eigenvalue weighted by Crippen LogP contribution is -2.29. The van der Waals surface area contributed by atoms with Crippen LogP contribution in [0.2, 0.25) is 0 Å². The maximum Gasteiger partial charge on any atom is 0.220 e. The van der Waals surface area contributed by atoms with Crippen LogP contribution in [0.15, 0.2) is 0 Å². The summed E-state index contributed by atoms with van der Waals surface area (Å²) >= 11 is 1.83. The van der Waals surface area contributed by atoms with Gasteiger partial charge in [-0.1, -0.05) is 20.3 Å². The standard InChI is InChI=1S/C11H24N2OS/c1-4-10(8-12)7-11(14)13-6-5-9(2)15-3/h9-10H,4-8,12H2,1-3H3,(H,13,14). The van der Waals surface area contributed by atoms with Crippen molar-refractivity contribution in [1.82, 2.24) is 5.32 Å². The molecule has 3 N–H and O–H groups in total. The number of amides is 1. The molecule has 0 aromatic heterocycles. The highest BCUT2D eigenvalue weighted by Gasteiger charge is 2.10. The van der Waals surface area contributed by atoms with Crippen LogP contribution in [0.1, 0.15) is 33.1 Å². The highest BCUT2D eigenvalue weighted by molar-refractivity contribution is 7.99. The van der Waals surface area contributed by atoms with E-state index in [1.54, 1.807) is 0 Å². The normalized spacial score (nSPS) is 14.7. The number of thioether (sulfide) groups is 1. The molecule has 0 aromatic rings. The van der Waals surface area contributed by atoms with Crippen molar-refractivity contribution in [3.8, 4) is 0 Å². The molecule has 15 heavy (non-hydrogen) atoms. The van der Waals surface area contributed by atoms with Gasteiger partial charge < -0.3 is 11.1 Å². The largest absolute Gasteiger partial charge is 0.356 e. The number of hydrogen-bond donors (Lipinski definition) is 2. The smallest absolute Gasteiger partial charge is 0.220 e. The van der Waals surface area contributed by atoms with Crippen LogP contribution in [0.4, 0.5) is 0 Å². The van der Waals surface area contributed by atoms with Crippen LogP contribution in [-0.4, -0.2) is 30.5 Å². The summed E-state index contributed by atoms with van der Waals surface area (Å²) in [5.41, 5.74) is 5.55. The van der Waals surface area contributed by atoms with Crippen LogP contribution < -0.4 is 11.1 Å². The molecule has 0 aliphatic heterocycles. The lowest BCUT2D eigenvalue weighted by molar-refractivity contribution is -0.121. The van der Waals surface area contributed by atoms with Crippen molar-refractivity contribution in [2.45, 2.75) is 38.4 Å². The van der Waals surface area contributed by atoms with E-state index in [2.05, 4.69) is 25.4 Å². The first-order valence-corrected chi connectivity index (χ1v) is 6.92. The topological polar surface area (TPSA) is 55.1 Å². The summed E-state index contributed by atoms with van der Waals surface area (Å²) in [7, 11) is 0. The van der Waals surface area contributed by atoms with Crippen molar-refractivity contribution < 1.29 is 4.79 Å². The van der Waals surface area contributed by atoms with Gasteiger partial charge in [0.2, 0.25) is 5.91 Å². The molecule has 3 nitrogen and oxygen atoms in total. The van der Waals surface area contributed by atoms with E-state index in [-0.39, 0.29) is 5.91 Å². The Balaban J connectivity index is 3.56. The van der Waals surface area contributed by atoms with Crippen LogP contribution >= 0.6 is 11.8 Å². The molecule has 0 aromatic carbocycles. The molecule has 0 heterocycles. The molecule has 0 aliphatic carbocycles. The number of nitrogens with one attached hydrogen (secondary N) is 1. The van der Waals surface area contributed by atoms with Gasteiger partial charge >= 0.3 is 0 Å². The molecule has 0 rings (SSSR count). The third-order valence-electron chi connectivity index (χ3n) is 2.66. The first-order valence-electron chi connectivity index (χ1n) is 5.63. The monoisotopic (exact) mass is 232 g/mol. The maximum absolute atomic E-state index is 11.5. The number of carbonyl (C=O) groups is 1. The van der Waals surface area contributed by atoms with Crippen LogP contribution in [0.5, 0.6) is 0 Å². The van der Waals surface area contributed by atoms with E-state index < -0.39 is 0 Å². The summed E-state index contributed by atoms with van der Waals surface area (Å²) in [6.07, 6.45) is 4.67. The molecule has 0 radical (unpaired) electrons. The van der Waals surface area contributed by atoms with E-state index in [1.165, 1.54) is 0 Å². The van der Waals surface area contributed by atoms with Crippen LogP contribution in [-0.2, 0) is 4.79 Å². The van der Waals surface area contributed by atoms with Crippen LogP contribution in [0.3, 0.4) is 0 Å². The average molecular weight is 232 g/mol. The Morgan fingerprint density at radius 1 is 1.53 bits per heavy atom. The van der Waals surface area contributed by atoms with Crippen molar-refractivity contribution in [2.75, 3.05) is 19.3 Å². The number of carbonyl (C=O) groups excluding carboxylic acids is 1. The Labute approximate surface area is 97.6 Å². The van der Waals surface area contributed by atoms with E-state index in [0.717, 1.165) is 19.4 Å². The highest BCUT2D eigenvalue weighted by atomic mass is 32.2. The summed E-state index contributed by atoms with van der Waals surface area (Å²) in [4.78, 5) is 11.5. The van der Waals surface area contributed by atoms with Crippen molar-refractivity contribution in [3.63, 3.8) is 0 Å². The van der Waals surface area contributed by atoms with Crippen LogP contribution in [0.25, 0.3) is 0 Å². The second-order valence-corrected chi connectivity index (χ2v) is 5.18. The molecule has 0 fully saturated rings. The molecule has 0 spiro atoms. The Bertz CT molecular complexity index is 172. The summed E-state index contributed by atoms with van der Waals surface area (Å²) in [5, 5.41) is 3.55. The molecule has 0 bridgehead atoms. The van der Waals surface area contributed by atoms with E-state index in [4.69, 9.17) is 5.73 Å². The van der Waals surface area contributed by atoms with Gasteiger partial charge in [-0.3, -0.25) is 4.79 Å². The van der Waals surface area contributed by atoms with E-state index >= 15 is 0 Å². The van der Waals surface area contributed by atoms with Crippen molar-refractivity contribution in [3.05, 3.63) is 0 Å². The Kier molecular flexibility index (Phi) is 8.91. The van der Waals surface area contributed by atoms with E-state index in [1.807, 2.05) is 11.8 Å². The average Bonchev–Trinajstić information content (AvgIpc) is 2.25. The number of rotatable bonds is 8. The van der Waals surface area contributed by atoms with Gasteiger partial charge in [-0.25, -0.2) is 0 Å². The molecule has 2 unspecified atom stereocenters. The zero-order chi connectivity index (χ0) is 11.7. The number of nitrogens with two attached hydrogens (primary N) is 1. The summed E-state index contributed by atoms with van der Waals surface area (Å²) < 4.78 is 0. The molecule has 4 heteroatoms. The van der Waals surface area contributed by atoms with Gasteiger partial charge in [0.15, 0.2) is 0 Å². The second kappa shape index (κ2) is 9.04. The van der Waals surface area contributed by atoms with Gasteiger partial charge in [0.25, 0.3) is 0 Å². The lowest BCUT2D eigenvalue weighted by Gasteiger charge is -2.13. The highest BCUT2D eigenvalue weighted by Crippen LogP contribution is 2.09. The molecule has 90 valence electrons. The summed E-state index contributed by atoms with van der Waals surface area (Å²) in [5.74, 6) is 0.476. The van der Waals surface area contributed by atoms with Crippen molar-refractivity contribution >= 4 is 17.7 Å². The first kappa shape index (κ1) is 14.8. The zero-order valence-corrected chi connectivity index (χ0v) is 10.9. The summed E-state index contributed by atoms with van der Waals surface area (Å²) in [6, 6.07) is 0. The van der Waals surface area contributed by atoms with Gasteiger partial charge in [-0.05, 0) is 25.1 Å². The Morgan fingerprint density at radius 3 is 2.67 bits per heavy atom. The van der Waals surface area contributed by atoms with Gasteiger partial charge in [0.1, 0.15) is 0 Å². The fourth-order valence-corrected chi connectivity index (χ4v) is 1.61. The fraction of sp³-hybridized carbons (Fsp3) is 0.909. The molecule has 2 atom stereocenters. The third-order valence-corrected chi connectivity index (χ3v) is 3.70. The SMILES string of the molecule is CCC(CN)CC(=O)NCCC(C)SC. The molecule has 0 aliphatic rings. The second-order valence-electron chi connectivity index (χ2n) is 3.90. The fourth-order valence-electron chi connectivity index (χ4n) is 1.26. The molecule has 0 saturated heterocycles. The first-order chi connectivity index (χ1) is 7.13. The minimum absolute atomic E-state index is 0.139. The molecular formula is C11H24N2OS. The lowest BCUT2D eigenvalue weighted by atomic mass is 10.0. The summed E-state index contributed by atoms with van der Waals surface area (Å²) in [6.45, 7) is 5.62. The zero-order valence-electron chi connectivity index (χ0n) is 10.1. The van der Waals surface area contributed by atoms with E-state index in [0.29, 0.717) is 24.1 Å².